The second-order valence-electron chi connectivity index (χ2n) is 13.7. The number of aliphatic hydroxyl groups is 1. The van der Waals surface area contributed by atoms with Crippen LogP contribution in [0.3, 0.4) is 0 Å². The Morgan fingerprint density at radius 1 is 1.18 bits per heavy atom. The summed E-state index contributed by atoms with van der Waals surface area (Å²) in [4.78, 5) is 59.3. The van der Waals surface area contributed by atoms with E-state index in [1.54, 1.807) is 13.2 Å². The van der Waals surface area contributed by atoms with Crippen LogP contribution in [0.15, 0.2) is 29.0 Å². The van der Waals surface area contributed by atoms with Crippen molar-refractivity contribution < 1.29 is 38.5 Å². The lowest BCUT2D eigenvalue weighted by atomic mass is 9.63. The minimum atomic E-state index is -1.17. The first-order valence-corrected chi connectivity index (χ1v) is 17.1. The number of ether oxygens (including phenoxy) is 3. The van der Waals surface area contributed by atoms with Crippen molar-refractivity contribution in [1.82, 2.24) is 25.8 Å². The topological polar surface area (TPSA) is 223 Å². The average molecular weight is 699 g/mol. The first-order valence-electron chi connectivity index (χ1n) is 17.1. The van der Waals surface area contributed by atoms with Crippen molar-refractivity contribution in [2.75, 3.05) is 34.3 Å². The van der Waals surface area contributed by atoms with Gasteiger partial charge in [-0.25, -0.2) is 4.79 Å². The number of hydrogen-bond donors (Lipinski definition) is 6. The van der Waals surface area contributed by atoms with Crippen molar-refractivity contribution in [3.05, 3.63) is 35.1 Å². The molecule has 274 valence electrons. The number of benzene rings is 1. The molecule has 5 rings (SSSR count). The second kappa shape index (κ2) is 15.1. The SMILES string of the molecule is COc1ccc2c3c1O[C@H]1C(OC(=O)N4CCCCC4NC(=O)[C@H](CCCN=C(N)N)NC(=O)[C@H](C)NC(C)=O)=CC[C@](O)(C31)[C@H](N(C)C)C2. The number of amides is 4. The predicted octanol–water partition coefficient (Wildman–Crippen LogP) is 0.173. The van der Waals surface area contributed by atoms with E-state index in [0.29, 0.717) is 49.5 Å². The zero-order valence-electron chi connectivity index (χ0n) is 29.4. The zero-order chi connectivity index (χ0) is 36.3. The van der Waals surface area contributed by atoms with Gasteiger partial charge in [0.15, 0.2) is 23.6 Å². The maximum absolute atomic E-state index is 13.9. The molecule has 4 amide bonds. The van der Waals surface area contributed by atoms with Gasteiger partial charge in [-0.3, -0.25) is 24.3 Å². The molecule has 1 aromatic rings. The fourth-order valence-electron chi connectivity index (χ4n) is 7.63. The van der Waals surface area contributed by atoms with Gasteiger partial charge in [-0.05, 0) is 77.2 Å². The molecule has 0 radical (unpaired) electrons. The summed E-state index contributed by atoms with van der Waals surface area (Å²) in [7, 11) is 5.44. The Kier molecular flexibility index (Phi) is 11.1. The van der Waals surface area contributed by atoms with Gasteiger partial charge in [-0.15, -0.1) is 0 Å². The van der Waals surface area contributed by atoms with Crippen LogP contribution in [0.2, 0.25) is 0 Å². The van der Waals surface area contributed by atoms with Crippen molar-refractivity contribution in [3.8, 4) is 11.5 Å². The van der Waals surface area contributed by atoms with Gasteiger partial charge in [-0.2, -0.15) is 0 Å². The van der Waals surface area contributed by atoms with E-state index < -0.39 is 53.8 Å². The molecule has 0 bridgehead atoms. The average Bonchev–Trinajstić information content (AvgIpc) is 3.48. The number of carbonyl (C=O) groups excluding carboxylic acids is 4. The third-order valence-corrected chi connectivity index (χ3v) is 10.0. The molecule has 2 heterocycles. The Morgan fingerprint density at radius 3 is 2.62 bits per heavy atom. The molecule has 1 saturated heterocycles. The van der Waals surface area contributed by atoms with Gasteiger partial charge in [0.25, 0.3) is 0 Å². The van der Waals surface area contributed by atoms with Crippen LogP contribution in [-0.2, 0) is 25.5 Å². The van der Waals surface area contributed by atoms with Crippen molar-refractivity contribution in [2.24, 2.45) is 16.5 Å². The first kappa shape index (κ1) is 36.7. The van der Waals surface area contributed by atoms with E-state index in [9.17, 15) is 24.3 Å². The Bertz CT molecular complexity index is 1540. The normalized spacial score (nSPS) is 26.0. The molecule has 16 nitrogen and oxygen atoms in total. The number of nitrogens with zero attached hydrogens (tertiary/aromatic N) is 3. The third-order valence-electron chi connectivity index (χ3n) is 10.0. The van der Waals surface area contributed by atoms with Crippen molar-refractivity contribution >= 4 is 29.8 Å². The lowest BCUT2D eigenvalue weighted by Crippen LogP contribution is -2.61. The summed E-state index contributed by atoms with van der Waals surface area (Å²) >= 11 is 0. The number of hydrogen-bond acceptors (Lipinski definition) is 10. The number of nitrogens with two attached hydrogens (primary N) is 2. The number of likely N-dealkylation sites (tertiary alicyclic amines) is 1. The molecule has 0 saturated carbocycles. The Balaban J connectivity index is 1.32. The van der Waals surface area contributed by atoms with Crippen LogP contribution >= 0.6 is 0 Å². The highest BCUT2D eigenvalue weighted by Gasteiger charge is 2.60. The monoisotopic (exact) mass is 698 g/mol. The molecular formula is C34H50N8O8. The van der Waals surface area contributed by atoms with E-state index in [1.807, 2.05) is 31.1 Å². The van der Waals surface area contributed by atoms with Gasteiger partial charge >= 0.3 is 6.09 Å². The molecule has 4 aliphatic rings. The first-order chi connectivity index (χ1) is 23.7. The lowest BCUT2D eigenvalue weighted by molar-refractivity contribution is -0.132. The second-order valence-corrected chi connectivity index (χ2v) is 13.7. The van der Waals surface area contributed by atoms with E-state index in [2.05, 4.69) is 20.9 Å². The molecule has 1 fully saturated rings. The van der Waals surface area contributed by atoms with Crippen molar-refractivity contribution in [1.29, 1.82) is 0 Å². The fourth-order valence-corrected chi connectivity index (χ4v) is 7.63. The molecule has 2 unspecified atom stereocenters. The smallest absolute Gasteiger partial charge is 0.416 e. The van der Waals surface area contributed by atoms with Crippen LogP contribution in [0.4, 0.5) is 4.79 Å². The summed E-state index contributed by atoms with van der Waals surface area (Å²) in [5.74, 6) is -0.627. The van der Waals surface area contributed by atoms with Gasteiger partial charge < -0.3 is 51.6 Å². The predicted molar refractivity (Wildman–Crippen MR) is 183 cm³/mol. The van der Waals surface area contributed by atoms with E-state index >= 15 is 0 Å². The number of aliphatic imine (C=N–C) groups is 1. The van der Waals surface area contributed by atoms with Crippen LogP contribution in [0.5, 0.6) is 11.5 Å². The number of nitrogens with one attached hydrogen (secondary N) is 3. The fraction of sp³-hybridized carbons (Fsp3) is 0.618. The van der Waals surface area contributed by atoms with E-state index in [4.69, 9.17) is 25.7 Å². The van der Waals surface area contributed by atoms with Gasteiger partial charge in [0.2, 0.25) is 17.7 Å². The van der Waals surface area contributed by atoms with Gasteiger partial charge in [0, 0.05) is 38.0 Å². The van der Waals surface area contributed by atoms with E-state index in [-0.39, 0.29) is 37.3 Å². The van der Waals surface area contributed by atoms with Crippen molar-refractivity contribution in [3.63, 3.8) is 0 Å². The molecule has 2 aliphatic carbocycles. The summed E-state index contributed by atoms with van der Waals surface area (Å²) in [5, 5.41) is 20.3. The molecule has 1 aromatic carbocycles. The Morgan fingerprint density at radius 2 is 1.94 bits per heavy atom. The van der Waals surface area contributed by atoms with Gasteiger partial charge in [0.1, 0.15) is 24.0 Å². The maximum atomic E-state index is 13.9. The highest BCUT2D eigenvalue weighted by Crippen LogP contribution is 2.59. The molecule has 50 heavy (non-hydrogen) atoms. The summed E-state index contributed by atoms with van der Waals surface area (Å²) in [6.45, 7) is 3.39. The molecule has 0 aromatic heterocycles. The van der Waals surface area contributed by atoms with Gasteiger partial charge in [0.05, 0.1) is 18.6 Å². The summed E-state index contributed by atoms with van der Waals surface area (Å²) in [5.41, 5.74) is 11.6. The van der Waals surface area contributed by atoms with Crippen LogP contribution in [-0.4, -0.2) is 115 Å². The van der Waals surface area contributed by atoms with Crippen LogP contribution in [0.25, 0.3) is 0 Å². The summed E-state index contributed by atoms with van der Waals surface area (Å²) in [6, 6.07) is 1.80. The number of guanidine groups is 1. The molecule has 0 spiro atoms. The van der Waals surface area contributed by atoms with Crippen LogP contribution in [0, 0.1) is 0 Å². The van der Waals surface area contributed by atoms with E-state index in [1.165, 1.54) is 18.7 Å². The lowest BCUT2D eigenvalue weighted by Gasteiger charge is -2.50. The standard InChI is InChI=1S/C34H50N8O8/c1-18(38-19(2)43)30(44)39-21(9-8-15-37-32(35)36)31(45)40-25-10-6-7-16-42(25)33(46)49-23-13-14-34(47)24(41(3)4)17-20-11-12-22(48-5)28-26(20)27(34)29(23)50-28/h11-13,18,21,24-25,27,29,47H,6-10,14-17H2,1-5H3,(H,38,43)(H,39,44)(H,40,45)(H4,35,36,37)/t18-,21-,24+,25?,27?,29-,34+/m0/s1. The van der Waals surface area contributed by atoms with E-state index in [0.717, 1.165) is 17.5 Å². The summed E-state index contributed by atoms with van der Waals surface area (Å²) < 4.78 is 18.1. The van der Waals surface area contributed by atoms with Crippen molar-refractivity contribution in [2.45, 2.75) is 101 Å². The largest absolute Gasteiger partial charge is 0.493 e. The Labute approximate surface area is 291 Å². The minimum Gasteiger partial charge on any atom is -0.493 e. The zero-order valence-corrected chi connectivity index (χ0v) is 29.4. The third kappa shape index (κ3) is 7.45. The molecule has 2 aliphatic heterocycles. The van der Waals surface area contributed by atoms with Crippen LogP contribution in [0.1, 0.15) is 69.4 Å². The summed E-state index contributed by atoms with van der Waals surface area (Å²) in [6.07, 6.45) is 2.97. The minimum absolute atomic E-state index is 0.0871. The van der Waals surface area contributed by atoms with Crippen LogP contribution < -0.4 is 36.9 Å². The quantitative estimate of drug-likeness (QED) is 0.0981. The number of piperidine rings is 1. The molecule has 8 N–H and O–H groups in total. The number of rotatable bonds is 12. The highest BCUT2D eigenvalue weighted by molar-refractivity contribution is 5.91. The Hall–Kier alpha value is -4.57. The van der Waals surface area contributed by atoms with Gasteiger partial charge in [-0.1, -0.05) is 6.07 Å². The number of methoxy groups -OCH3 is 1. The highest BCUT2D eigenvalue weighted by atomic mass is 16.6. The number of carbonyl (C=O) groups is 4. The number of likely N-dealkylation sites (N-methyl/N-ethyl adjacent to an activating group) is 1. The molecule has 7 atom stereocenters. The molecular weight excluding hydrogens is 648 g/mol. The maximum Gasteiger partial charge on any atom is 0.416 e. The molecule has 16 heteroatoms.